The largest absolute Gasteiger partial charge is 0.456 e. The summed E-state index contributed by atoms with van der Waals surface area (Å²) in [6.07, 6.45) is 3.36. The van der Waals surface area contributed by atoms with E-state index in [0.29, 0.717) is 22.8 Å². The topological polar surface area (TPSA) is 69.6 Å². The molecular weight excluding hydrogens is 494 g/mol. The zero-order valence-corrected chi connectivity index (χ0v) is 21.1. The molecule has 6 nitrogen and oxygen atoms in total. The zero-order valence-electron chi connectivity index (χ0n) is 21.1. The minimum Gasteiger partial charge on any atom is -0.456 e. The lowest BCUT2D eigenvalue weighted by molar-refractivity contribution is 0.669. The van der Waals surface area contributed by atoms with E-state index in [1.54, 1.807) is 12.4 Å². The summed E-state index contributed by atoms with van der Waals surface area (Å²) < 4.78 is 8.37. The fraction of sp³-hybridized carbons (Fsp3) is 0. The number of para-hydroxylation sites is 2. The number of hydrogen-bond acceptors (Lipinski definition) is 5. The number of furan rings is 1. The Bertz CT molecular complexity index is 2450. The smallest absolute Gasteiger partial charge is 0.184 e. The molecule has 0 spiro atoms. The zero-order chi connectivity index (χ0) is 26.2. The molecule has 0 aliphatic carbocycles. The molecule has 0 unspecified atom stereocenters. The van der Waals surface area contributed by atoms with Crippen LogP contribution >= 0.6 is 0 Å². The first-order valence-corrected chi connectivity index (χ1v) is 13.1. The van der Waals surface area contributed by atoms with E-state index in [9.17, 15) is 0 Å². The third-order valence-corrected chi connectivity index (χ3v) is 7.70. The molecule has 9 aromatic rings. The Kier molecular flexibility index (Phi) is 4.24. The van der Waals surface area contributed by atoms with Gasteiger partial charge < -0.3 is 4.42 Å². The molecule has 0 fully saturated rings. The maximum atomic E-state index is 6.17. The molecule has 0 bridgehead atoms. The third-order valence-electron chi connectivity index (χ3n) is 7.70. The van der Waals surface area contributed by atoms with Crippen molar-refractivity contribution in [1.29, 1.82) is 0 Å². The molecular formula is C34H19N5O. The van der Waals surface area contributed by atoms with Gasteiger partial charge >= 0.3 is 0 Å². The Morgan fingerprint density at radius 2 is 1.30 bits per heavy atom. The molecule has 40 heavy (non-hydrogen) atoms. The van der Waals surface area contributed by atoms with Crippen LogP contribution in [0.1, 0.15) is 0 Å². The monoisotopic (exact) mass is 513 g/mol. The standard InChI is InChI=1S/C34H19N5O/c1-2-8-21-18-28-26(17-20(21)7-1)23-9-3-5-11-27(23)39(28)34-31-33(36-16-15-35-31)37-32(38-34)22-13-14-25-24-10-4-6-12-29(24)40-30(25)19-22/h1-19H. The molecule has 0 radical (unpaired) electrons. The quantitative estimate of drug-likeness (QED) is 0.233. The van der Waals surface area contributed by atoms with Gasteiger partial charge in [-0.05, 0) is 47.2 Å². The Balaban J connectivity index is 1.37. The highest BCUT2D eigenvalue weighted by Gasteiger charge is 2.20. The Labute approximate surface area is 227 Å². The van der Waals surface area contributed by atoms with Gasteiger partial charge in [-0.1, -0.05) is 66.7 Å². The predicted octanol–water partition coefficient (Wildman–Crippen LogP) is 8.24. The van der Waals surface area contributed by atoms with Crippen molar-refractivity contribution >= 4 is 65.7 Å². The lowest BCUT2D eigenvalue weighted by Gasteiger charge is -2.11. The molecule has 4 heterocycles. The SMILES string of the molecule is c1ccc2cc3c(cc2c1)c1ccccc1n3-c1nc(-c2ccc3c(c2)oc2ccccc23)nc2nccnc12. The van der Waals surface area contributed by atoms with Crippen LogP contribution in [0.3, 0.4) is 0 Å². The lowest BCUT2D eigenvalue weighted by atomic mass is 10.1. The first kappa shape index (κ1) is 21.3. The normalized spacial score (nSPS) is 12.0. The van der Waals surface area contributed by atoms with Crippen LogP contribution < -0.4 is 0 Å². The molecule has 0 N–H and O–H groups in total. The van der Waals surface area contributed by atoms with E-state index in [1.807, 2.05) is 30.3 Å². The number of nitrogens with zero attached hydrogens (tertiary/aromatic N) is 5. The molecule has 0 amide bonds. The molecule has 0 saturated heterocycles. The average Bonchev–Trinajstić information content (AvgIpc) is 3.54. The number of aromatic nitrogens is 5. The molecule has 186 valence electrons. The molecule has 0 atom stereocenters. The Hall–Kier alpha value is -5.62. The first-order chi connectivity index (χ1) is 19.8. The summed E-state index contributed by atoms with van der Waals surface area (Å²) in [5.41, 5.74) is 5.81. The van der Waals surface area contributed by atoms with Crippen LogP contribution in [0.4, 0.5) is 0 Å². The number of rotatable bonds is 2. The van der Waals surface area contributed by atoms with Crippen LogP contribution in [-0.4, -0.2) is 24.5 Å². The van der Waals surface area contributed by atoms with Gasteiger partial charge in [0.25, 0.3) is 0 Å². The third kappa shape index (κ3) is 2.98. The maximum Gasteiger partial charge on any atom is 0.184 e. The lowest BCUT2D eigenvalue weighted by Crippen LogP contribution is -2.04. The van der Waals surface area contributed by atoms with Crippen molar-refractivity contribution in [3.05, 3.63) is 116 Å². The van der Waals surface area contributed by atoms with Crippen molar-refractivity contribution in [2.45, 2.75) is 0 Å². The second-order valence-corrected chi connectivity index (χ2v) is 9.98. The van der Waals surface area contributed by atoms with E-state index in [2.05, 4.69) is 82.3 Å². The van der Waals surface area contributed by atoms with E-state index in [4.69, 9.17) is 19.4 Å². The van der Waals surface area contributed by atoms with E-state index in [-0.39, 0.29) is 0 Å². The van der Waals surface area contributed by atoms with Crippen molar-refractivity contribution in [2.75, 3.05) is 0 Å². The van der Waals surface area contributed by atoms with Gasteiger partial charge in [-0.15, -0.1) is 0 Å². The summed E-state index contributed by atoms with van der Waals surface area (Å²) in [4.78, 5) is 19.3. The number of hydrogen-bond donors (Lipinski definition) is 0. The van der Waals surface area contributed by atoms with Crippen molar-refractivity contribution in [3.8, 4) is 17.2 Å². The fourth-order valence-corrected chi connectivity index (χ4v) is 5.88. The van der Waals surface area contributed by atoms with Gasteiger partial charge in [-0.25, -0.2) is 19.9 Å². The second-order valence-electron chi connectivity index (χ2n) is 9.98. The van der Waals surface area contributed by atoms with Gasteiger partial charge in [-0.3, -0.25) is 4.57 Å². The number of fused-ring (bicyclic) bond motifs is 8. The molecule has 5 aromatic carbocycles. The average molecular weight is 514 g/mol. The van der Waals surface area contributed by atoms with E-state index < -0.39 is 0 Å². The van der Waals surface area contributed by atoms with Crippen LogP contribution in [0.5, 0.6) is 0 Å². The summed E-state index contributed by atoms with van der Waals surface area (Å²) in [6.45, 7) is 0. The van der Waals surface area contributed by atoms with Crippen LogP contribution in [0.2, 0.25) is 0 Å². The predicted molar refractivity (Wildman–Crippen MR) is 160 cm³/mol. The van der Waals surface area contributed by atoms with Gasteiger partial charge in [0.1, 0.15) is 11.2 Å². The van der Waals surface area contributed by atoms with Crippen molar-refractivity contribution in [2.24, 2.45) is 0 Å². The van der Waals surface area contributed by atoms with E-state index in [1.165, 1.54) is 10.8 Å². The van der Waals surface area contributed by atoms with E-state index in [0.717, 1.165) is 49.3 Å². The summed E-state index contributed by atoms with van der Waals surface area (Å²) >= 11 is 0. The van der Waals surface area contributed by atoms with Gasteiger partial charge in [0.05, 0.1) is 11.0 Å². The minimum absolute atomic E-state index is 0.541. The van der Waals surface area contributed by atoms with Crippen LogP contribution in [0.15, 0.2) is 120 Å². The Morgan fingerprint density at radius 1 is 0.550 bits per heavy atom. The van der Waals surface area contributed by atoms with Gasteiger partial charge in [0.15, 0.2) is 22.8 Å². The highest BCUT2D eigenvalue weighted by molar-refractivity contribution is 6.14. The second kappa shape index (κ2) is 7.94. The highest BCUT2D eigenvalue weighted by Crippen LogP contribution is 2.37. The Morgan fingerprint density at radius 3 is 2.23 bits per heavy atom. The summed E-state index contributed by atoms with van der Waals surface area (Å²) in [5, 5.41) is 6.84. The summed E-state index contributed by atoms with van der Waals surface area (Å²) in [5.74, 6) is 1.26. The molecule has 0 aliphatic rings. The molecule has 0 saturated carbocycles. The van der Waals surface area contributed by atoms with Crippen molar-refractivity contribution < 1.29 is 4.42 Å². The fourth-order valence-electron chi connectivity index (χ4n) is 5.88. The van der Waals surface area contributed by atoms with Gasteiger partial charge in [0, 0.05) is 39.5 Å². The van der Waals surface area contributed by atoms with Crippen molar-refractivity contribution in [3.63, 3.8) is 0 Å². The highest BCUT2D eigenvalue weighted by atomic mass is 16.3. The molecule has 4 aromatic heterocycles. The van der Waals surface area contributed by atoms with Gasteiger partial charge in [0.2, 0.25) is 0 Å². The molecule has 9 rings (SSSR count). The van der Waals surface area contributed by atoms with Crippen molar-refractivity contribution in [1.82, 2.24) is 24.5 Å². The van der Waals surface area contributed by atoms with Crippen LogP contribution in [0, 0.1) is 0 Å². The maximum absolute atomic E-state index is 6.17. The molecule has 0 aliphatic heterocycles. The first-order valence-electron chi connectivity index (χ1n) is 13.1. The summed E-state index contributed by atoms with van der Waals surface area (Å²) in [7, 11) is 0. The summed E-state index contributed by atoms with van der Waals surface area (Å²) in [6, 6.07) is 35.6. The van der Waals surface area contributed by atoms with Crippen LogP contribution in [0.25, 0.3) is 82.9 Å². The molecule has 6 heteroatoms. The minimum atomic E-state index is 0.541. The van der Waals surface area contributed by atoms with Crippen LogP contribution in [-0.2, 0) is 0 Å². The van der Waals surface area contributed by atoms with Gasteiger partial charge in [-0.2, -0.15) is 0 Å². The van der Waals surface area contributed by atoms with E-state index >= 15 is 0 Å². The number of benzene rings is 5.